The molecule has 0 aromatic heterocycles. The normalized spacial score (nSPS) is 13.8. The Morgan fingerprint density at radius 2 is 2.00 bits per heavy atom. The van der Waals surface area contributed by atoms with Crippen molar-refractivity contribution >= 4 is 10.0 Å². The van der Waals surface area contributed by atoms with E-state index in [1.54, 1.807) is 6.92 Å². The second-order valence-corrected chi connectivity index (χ2v) is 6.60. The van der Waals surface area contributed by atoms with Crippen molar-refractivity contribution in [1.82, 2.24) is 4.31 Å². The molecule has 6 heteroatoms. The number of sulfonamides is 1. The maximum absolute atomic E-state index is 13.7. The molecule has 0 heterocycles. The summed E-state index contributed by atoms with van der Waals surface area (Å²) in [5, 5.41) is 9.06. The van der Waals surface area contributed by atoms with Gasteiger partial charge in [-0.3, -0.25) is 0 Å². The van der Waals surface area contributed by atoms with Gasteiger partial charge in [0, 0.05) is 18.7 Å². The molecule has 0 fully saturated rings. The van der Waals surface area contributed by atoms with Crippen molar-refractivity contribution in [3.63, 3.8) is 0 Å². The number of halogens is 1. The zero-order valence-electron chi connectivity index (χ0n) is 11.6. The van der Waals surface area contributed by atoms with E-state index in [-0.39, 0.29) is 22.1 Å². The van der Waals surface area contributed by atoms with Crippen LogP contribution in [-0.2, 0) is 16.6 Å². The van der Waals surface area contributed by atoms with Gasteiger partial charge in [-0.2, -0.15) is 4.31 Å². The van der Waals surface area contributed by atoms with Gasteiger partial charge in [0.1, 0.15) is 5.82 Å². The van der Waals surface area contributed by atoms with E-state index in [9.17, 15) is 12.8 Å². The molecule has 4 nitrogen and oxygen atoms in total. The summed E-state index contributed by atoms with van der Waals surface area (Å²) in [7, 11) is -2.28. The molecule has 0 saturated heterocycles. The van der Waals surface area contributed by atoms with Gasteiger partial charge in [-0.15, -0.1) is 0 Å². The topological polar surface area (TPSA) is 57.6 Å². The first-order valence-electron chi connectivity index (χ1n) is 6.13. The van der Waals surface area contributed by atoms with Gasteiger partial charge in [0.2, 0.25) is 10.0 Å². The lowest BCUT2D eigenvalue weighted by molar-refractivity contribution is 0.280. The number of aliphatic hydroxyl groups is 1. The van der Waals surface area contributed by atoms with Crippen molar-refractivity contribution in [2.24, 2.45) is 0 Å². The van der Waals surface area contributed by atoms with E-state index in [1.807, 2.05) is 6.92 Å². The van der Waals surface area contributed by atoms with Crippen LogP contribution in [0, 0.1) is 12.7 Å². The Morgan fingerprint density at radius 1 is 1.42 bits per heavy atom. The molecule has 0 bridgehead atoms. The maximum atomic E-state index is 13.7. The average molecular weight is 289 g/mol. The van der Waals surface area contributed by atoms with Crippen LogP contribution in [0.2, 0.25) is 0 Å². The summed E-state index contributed by atoms with van der Waals surface area (Å²) in [5.41, 5.74) is 0.326. The second kappa shape index (κ2) is 5.98. The Balaban J connectivity index is 3.40. The molecular formula is C13H20FNO3S. The first-order chi connectivity index (χ1) is 8.75. The minimum atomic E-state index is -3.75. The monoisotopic (exact) mass is 289 g/mol. The highest BCUT2D eigenvalue weighted by molar-refractivity contribution is 7.89. The highest BCUT2D eigenvalue weighted by atomic mass is 32.2. The average Bonchev–Trinajstić information content (AvgIpc) is 2.39. The van der Waals surface area contributed by atoms with E-state index < -0.39 is 22.4 Å². The smallest absolute Gasteiger partial charge is 0.243 e. The summed E-state index contributed by atoms with van der Waals surface area (Å²) in [6.45, 7) is 4.70. The summed E-state index contributed by atoms with van der Waals surface area (Å²) in [4.78, 5) is -0.0839. The van der Waals surface area contributed by atoms with Gasteiger partial charge >= 0.3 is 0 Å². The molecule has 0 radical (unpaired) electrons. The number of nitrogens with zero attached hydrogens (tertiary/aromatic N) is 1. The third kappa shape index (κ3) is 3.13. The molecule has 1 N–H and O–H groups in total. The minimum absolute atomic E-state index is 0.0763. The molecule has 1 unspecified atom stereocenters. The predicted molar refractivity (Wildman–Crippen MR) is 71.8 cm³/mol. The molecule has 0 aliphatic rings. The summed E-state index contributed by atoms with van der Waals surface area (Å²) in [6.07, 6.45) is 0.664. The fourth-order valence-electron chi connectivity index (χ4n) is 1.72. The van der Waals surface area contributed by atoms with Gasteiger partial charge in [0.15, 0.2) is 0 Å². The molecule has 19 heavy (non-hydrogen) atoms. The van der Waals surface area contributed by atoms with Crippen LogP contribution < -0.4 is 0 Å². The summed E-state index contributed by atoms with van der Waals surface area (Å²) in [5.74, 6) is -0.623. The maximum Gasteiger partial charge on any atom is 0.243 e. The van der Waals surface area contributed by atoms with Crippen LogP contribution in [-0.4, -0.2) is 30.9 Å². The fraction of sp³-hybridized carbons (Fsp3) is 0.538. The van der Waals surface area contributed by atoms with Crippen LogP contribution in [0.1, 0.15) is 31.4 Å². The Labute approximate surface area is 113 Å². The molecule has 108 valence electrons. The van der Waals surface area contributed by atoms with E-state index >= 15 is 0 Å². The lowest BCUT2D eigenvalue weighted by atomic mass is 10.1. The number of aliphatic hydroxyl groups excluding tert-OH is 1. The minimum Gasteiger partial charge on any atom is -0.392 e. The Hall–Kier alpha value is -0.980. The van der Waals surface area contributed by atoms with Crippen molar-refractivity contribution in [2.45, 2.75) is 44.7 Å². The highest BCUT2D eigenvalue weighted by Gasteiger charge is 2.27. The predicted octanol–water partition coefficient (Wildman–Crippen LogP) is 2.05. The first-order valence-corrected chi connectivity index (χ1v) is 7.57. The summed E-state index contributed by atoms with van der Waals surface area (Å²) < 4.78 is 39.8. The van der Waals surface area contributed by atoms with Crippen LogP contribution in [0.15, 0.2) is 17.0 Å². The number of hydrogen-bond acceptors (Lipinski definition) is 3. The molecule has 1 aromatic rings. The van der Waals surface area contributed by atoms with Gasteiger partial charge in [0.05, 0.1) is 11.5 Å². The van der Waals surface area contributed by atoms with Crippen molar-refractivity contribution < 1.29 is 17.9 Å². The standard InChI is InChI=1S/C13H20FNO3S/c1-5-9(2)15(4)19(17,18)13-7-11(8-16)6-12(14)10(13)3/h6-7,9,16H,5,8H2,1-4H3. The van der Waals surface area contributed by atoms with Gasteiger partial charge < -0.3 is 5.11 Å². The fourth-order valence-corrected chi connectivity index (χ4v) is 3.43. The summed E-state index contributed by atoms with van der Waals surface area (Å²) in [6, 6.07) is 2.30. The van der Waals surface area contributed by atoms with Crippen LogP contribution in [0.4, 0.5) is 4.39 Å². The number of benzene rings is 1. The van der Waals surface area contributed by atoms with Crippen molar-refractivity contribution in [3.8, 4) is 0 Å². The SMILES string of the molecule is CCC(C)N(C)S(=O)(=O)c1cc(CO)cc(F)c1C. The first kappa shape index (κ1) is 16.1. The zero-order chi connectivity index (χ0) is 14.8. The molecule has 1 aromatic carbocycles. The molecule has 0 aliphatic carbocycles. The molecule has 1 atom stereocenters. The lowest BCUT2D eigenvalue weighted by Crippen LogP contribution is -2.35. The van der Waals surface area contributed by atoms with E-state index in [0.29, 0.717) is 6.42 Å². The van der Waals surface area contributed by atoms with Crippen LogP contribution in [0.5, 0.6) is 0 Å². The van der Waals surface area contributed by atoms with Gasteiger partial charge in [-0.1, -0.05) is 6.92 Å². The molecule has 0 spiro atoms. The molecule has 1 rings (SSSR count). The van der Waals surface area contributed by atoms with Crippen LogP contribution in [0.25, 0.3) is 0 Å². The van der Waals surface area contributed by atoms with Crippen LogP contribution >= 0.6 is 0 Å². The van der Waals surface area contributed by atoms with Crippen molar-refractivity contribution in [2.75, 3.05) is 7.05 Å². The molecular weight excluding hydrogens is 269 g/mol. The largest absolute Gasteiger partial charge is 0.392 e. The Morgan fingerprint density at radius 3 is 2.47 bits per heavy atom. The third-order valence-electron chi connectivity index (χ3n) is 3.41. The van der Waals surface area contributed by atoms with Gasteiger partial charge in [0.25, 0.3) is 0 Å². The quantitative estimate of drug-likeness (QED) is 0.902. The zero-order valence-corrected chi connectivity index (χ0v) is 12.5. The van der Waals surface area contributed by atoms with Crippen molar-refractivity contribution in [3.05, 3.63) is 29.1 Å². The molecule has 0 saturated carbocycles. The molecule has 0 amide bonds. The van der Waals surface area contributed by atoms with Gasteiger partial charge in [-0.25, -0.2) is 12.8 Å². The van der Waals surface area contributed by atoms with Crippen LogP contribution in [0.3, 0.4) is 0 Å². The highest BCUT2D eigenvalue weighted by Crippen LogP contribution is 2.25. The van der Waals surface area contributed by atoms with E-state index in [0.717, 1.165) is 6.07 Å². The van der Waals surface area contributed by atoms with Gasteiger partial charge in [-0.05, 0) is 38.0 Å². The Bertz CT molecular complexity index is 557. The van der Waals surface area contributed by atoms with Crippen molar-refractivity contribution in [1.29, 1.82) is 0 Å². The second-order valence-electron chi connectivity index (χ2n) is 4.64. The number of hydrogen-bond donors (Lipinski definition) is 1. The van der Waals surface area contributed by atoms with E-state index in [1.165, 1.54) is 24.3 Å². The lowest BCUT2D eigenvalue weighted by Gasteiger charge is -2.24. The van der Waals surface area contributed by atoms with E-state index in [2.05, 4.69) is 0 Å². The van der Waals surface area contributed by atoms with E-state index in [4.69, 9.17) is 5.11 Å². The Kier molecular flexibility index (Phi) is 5.06. The molecule has 0 aliphatic heterocycles. The number of rotatable bonds is 5. The third-order valence-corrected chi connectivity index (χ3v) is 5.51. The summed E-state index contributed by atoms with van der Waals surface area (Å²) >= 11 is 0.